The van der Waals surface area contributed by atoms with Gasteiger partial charge in [-0.05, 0) is 24.0 Å². The van der Waals surface area contributed by atoms with E-state index in [2.05, 4.69) is 0 Å². The molecular formula is C13H16ClFO4S. The number of sulfone groups is 1. The summed E-state index contributed by atoms with van der Waals surface area (Å²) >= 11 is 5.67. The predicted molar refractivity (Wildman–Crippen MR) is 74.5 cm³/mol. The molecule has 1 aromatic carbocycles. The zero-order valence-corrected chi connectivity index (χ0v) is 13.0. The maximum Gasteiger partial charge on any atom is 0.338 e. The van der Waals surface area contributed by atoms with Gasteiger partial charge in [0.05, 0.1) is 11.3 Å². The first kappa shape index (κ1) is 16.9. The molecule has 112 valence electrons. The summed E-state index contributed by atoms with van der Waals surface area (Å²) in [6, 6.07) is 1.84. The molecule has 0 spiro atoms. The van der Waals surface area contributed by atoms with E-state index in [-0.39, 0.29) is 16.2 Å². The second-order valence-corrected chi connectivity index (χ2v) is 8.21. The monoisotopic (exact) mass is 322 g/mol. The van der Waals surface area contributed by atoms with Crippen LogP contribution in [0.2, 0.25) is 5.02 Å². The van der Waals surface area contributed by atoms with E-state index in [9.17, 15) is 17.6 Å². The van der Waals surface area contributed by atoms with Gasteiger partial charge < -0.3 is 5.11 Å². The Morgan fingerprint density at radius 1 is 1.35 bits per heavy atom. The molecule has 0 atom stereocenters. The van der Waals surface area contributed by atoms with Gasteiger partial charge >= 0.3 is 5.97 Å². The van der Waals surface area contributed by atoms with Crippen LogP contribution < -0.4 is 0 Å². The first-order valence-electron chi connectivity index (χ1n) is 5.89. The van der Waals surface area contributed by atoms with E-state index >= 15 is 0 Å². The molecule has 0 radical (unpaired) electrons. The Morgan fingerprint density at radius 3 is 2.35 bits per heavy atom. The topological polar surface area (TPSA) is 71.4 Å². The van der Waals surface area contributed by atoms with E-state index in [1.165, 1.54) is 0 Å². The highest BCUT2D eigenvalue weighted by Gasteiger charge is 2.26. The van der Waals surface area contributed by atoms with Crippen LogP contribution in [0.1, 0.15) is 37.6 Å². The Labute approximate surface area is 122 Å². The molecule has 0 aliphatic carbocycles. The number of halogens is 2. The van der Waals surface area contributed by atoms with Crippen LogP contribution in [0.5, 0.6) is 0 Å². The van der Waals surface area contributed by atoms with Gasteiger partial charge in [-0.1, -0.05) is 32.4 Å². The minimum atomic E-state index is -3.93. The summed E-state index contributed by atoms with van der Waals surface area (Å²) < 4.78 is 38.3. The first-order valence-corrected chi connectivity index (χ1v) is 7.92. The van der Waals surface area contributed by atoms with Gasteiger partial charge in [0.1, 0.15) is 4.90 Å². The number of hydrogen-bond acceptors (Lipinski definition) is 3. The predicted octanol–water partition coefficient (Wildman–Crippen LogP) is 3.39. The molecular weight excluding hydrogens is 307 g/mol. The van der Waals surface area contributed by atoms with Crippen molar-refractivity contribution in [2.75, 3.05) is 5.75 Å². The van der Waals surface area contributed by atoms with Crippen LogP contribution in [0, 0.1) is 11.2 Å². The quantitative estimate of drug-likeness (QED) is 0.922. The molecule has 20 heavy (non-hydrogen) atoms. The summed E-state index contributed by atoms with van der Waals surface area (Å²) in [5.41, 5.74) is -0.982. The summed E-state index contributed by atoms with van der Waals surface area (Å²) in [4.78, 5) is 10.2. The molecule has 1 N–H and O–H groups in total. The Morgan fingerprint density at radius 2 is 1.90 bits per heavy atom. The van der Waals surface area contributed by atoms with Crippen molar-refractivity contribution >= 4 is 27.4 Å². The summed E-state index contributed by atoms with van der Waals surface area (Å²) in [6.07, 6.45) is 0.323. The third-order valence-electron chi connectivity index (χ3n) is 2.69. The van der Waals surface area contributed by atoms with Gasteiger partial charge in [0.2, 0.25) is 0 Å². The SMILES string of the molecule is CC(C)(C)CCS(=O)(=O)c1cc(Cl)cc(C(=O)O)c1F. The van der Waals surface area contributed by atoms with Crippen molar-refractivity contribution in [2.45, 2.75) is 32.1 Å². The first-order chi connectivity index (χ1) is 8.94. The number of carboxylic acids is 1. The fraction of sp³-hybridized carbons (Fsp3) is 0.462. The number of carboxylic acid groups (broad SMARTS) is 1. The van der Waals surface area contributed by atoms with Crippen LogP contribution in [-0.4, -0.2) is 25.2 Å². The van der Waals surface area contributed by atoms with Crippen molar-refractivity contribution < 1.29 is 22.7 Å². The van der Waals surface area contributed by atoms with Crippen molar-refractivity contribution in [2.24, 2.45) is 5.41 Å². The molecule has 0 unspecified atom stereocenters. The van der Waals surface area contributed by atoms with Crippen molar-refractivity contribution in [3.8, 4) is 0 Å². The molecule has 0 bridgehead atoms. The third kappa shape index (κ3) is 4.18. The highest BCUT2D eigenvalue weighted by Crippen LogP contribution is 2.27. The fourth-order valence-corrected chi connectivity index (χ4v) is 3.57. The van der Waals surface area contributed by atoms with Crippen LogP contribution >= 0.6 is 11.6 Å². The lowest BCUT2D eigenvalue weighted by atomic mass is 9.94. The van der Waals surface area contributed by atoms with Crippen molar-refractivity contribution in [1.82, 2.24) is 0 Å². The molecule has 1 rings (SSSR count). The Hall–Kier alpha value is -1.14. The van der Waals surface area contributed by atoms with E-state index in [1.54, 1.807) is 0 Å². The highest BCUT2D eigenvalue weighted by atomic mass is 35.5. The lowest BCUT2D eigenvalue weighted by Crippen LogP contribution is -2.17. The van der Waals surface area contributed by atoms with Crippen LogP contribution in [-0.2, 0) is 9.84 Å². The largest absolute Gasteiger partial charge is 0.478 e. The van der Waals surface area contributed by atoms with Gasteiger partial charge in [0.25, 0.3) is 0 Å². The molecule has 0 heterocycles. The van der Waals surface area contributed by atoms with E-state index < -0.39 is 32.1 Å². The summed E-state index contributed by atoms with van der Waals surface area (Å²) in [6.45, 7) is 5.58. The van der Waals surface area contributed by atoms with E-state index in [0.717, 1.165) is 12.1 Å². The Kier molecular flexibility index (Phi) is 4.82. The summed E-state index contributed by atoms with van der Waals surface area (Å²) in [7, 11) is -3.93. The maximum atomic E-state index is 14.0. The number of rotatable bonds is 4. The molecule has 0 saturated carbocycles. The van der Waals surface area contributed by atoms with E-state index in [4.69, 9.17) is 16.7 Å². The number of aromatic carboxylic acids is 1. The molecule has 0 aromatic heterocycles. The molecule has 0 fully saturated rings. The van der Waals surface area contributed by atoms with Gasteiger partial charge in [-0.2, -0.15) is 0 Å². The second-order valence-electron chi connectivity index (χ2n) is 5.70. The van der Waals surface area contributed by atoms with Gasteiger partial charge in [0.15, 0.2) is 15.7 Å². The molecule has 7 heteroatoms. The lowest BCUT2D eigenvalue weighted by Gasteiger charge is -2.18. The highest BCUT2D eigenvalue weighted by molar-refractivity contribution is 7.91. The van der Waals surface area contributed by atoms with Crippen LogP contribution in [0.3, 0.4) is 0 Å². The number of hydrogen-bond donors (Lipinski definition) is 1. The molecule has 4 nitrogen and oxygen atoms in total. The number of carbonyl (C=O) groups is 1. The normalized spacial score (nSPS) is 12.4. The minimum Gasteiger partial charge on any atom is -0.478 e. The van der Waals surface area contributed by atoms with Gasteiger partial charge in [-0.25, -0.2) is 17.6 Å². The minimum absolute atomic E-state index is 0.127. The summed E-state index contributed by atoms with van der Waals surface area (Å²) in [5, 5.41) is 8.72. The Bertz CT molecular complexity index is 633. The smallest absolute Gasteiger partial charge is 0.338 e. The average molecular weight is 323 g/mol. The lowest BCUT2D eigenvalue weighted by molar-refractivity contribution is 0.0691. The zero-order valence-electron chi connectivity index (χ0n) is 11.4. The molecule has 0 saturated heterocycles. The van der Waals surface area contributed by atoms with Crippen LogP contribution in [0.25, 0.3) is 0 Å². The molecule has 0 aliphatic heterocycles. The molecule has 1 aromatic rings. The second kappa shape index (κ2) is 5.69. The fourth-order valence-electron chi connectivity index (χ4n) is 1.50. The van der Waals surface area contributed by atoms with Crippen molar-refractivity contribution in [1.29, 1.82) is 0 Å². The standard InChI is InChI=1S/C13H16ClFO4S/c1-13(2,3)4-5-20(18,19)10-7-8(14)6-9(11(10)15)12(16)17/h6-7H,4-5H2,1-3H3,(H,16,17). The maximum absolute atomic E-state index is 14.0. The number of benzene rings is 1. The summed E-state index contributed by atoms with van der Waals surface area (Å²) in [5.74, 6) is -3.10. The van der Waals surface area contributed by atoms with E-state index in [0.29, 0.717) is 6.42 Å². The van der Waals surface area contributed by atoms with Crippen LogP contribution in [0.4, 0.5) is 4.39 Å². The van der Waals surface area contributed by atoms with Crippen LogP contribution in [0.15, 0.2) is 17.0 Å². The van der Waals surface area contributed by atoms with Crippen molar-refractivity contribution in [3.63, 3.8) is 0 Å². The van der Waals surface area contributed by atoms with E-state index in [1.807, 2.05) is 20.8 Å². The Balaban J connectivity index is 3.29. The average Bonchev–Trinajstić information content (AvgIpc) is 2.28. The third-order valence-corrected chi connectivity index (χ3v) is 4.62. The van der Waals surface area contributed by atoms with Gasteiger partial charge in [-0.15, -0.1) is 0 Å². The van der Waals surface area contributed by atoms with Gasteiger partial charge in [0, 0.05) is 5.02 Å². The van der Waals surface area contributed by atoms with Crippen molar-refractivity contribution in [3.05, 3.63) is 28.5 Å². The molecule has 0 aliphatic rings. The zero-order chi connectivity index (χ0) is 15.7. The van der Waals surface area contributed by atoms with Gasteiger partial charge in [-0.3, -0.25) is 0 Å². The molecule has 0 amide bonds.